The number of hydrogen-bond acceptors (Lipinski definition) is 3. The first-order valence-electron chi connectivity index (χ1n) is 6.14. The van der Waals surface area contributed by atoms with Crippen LogP contribution in [0.25, 0.3) is 0 Å². The maximum atomic E-state index is 6.44. The number of aryl methyl sites for hydroxylation is 1. The largest absolute Gasteiger partial charge is 0.323 e. The van der Waals surface area contributed by atoms with Gasteiger partial charge in [-0.2, -0.15) is 0 Å². The zero-order valence-electron chi connectivity index (χ0n) is 9.79. The van der Waals surface area contributed by atoms with Crippen molar-refractivity contribution in [2.75, 3.05) is 13.1 Å². The molecule has 2 aliphatic rings. The van der Waals surface area contributed by atoms with Crippen molar-refractivity contribution in [1.29, 1.82) is 0 Å². The Morgan fingerprint density at radius 1 is 1.38 bits per heavy atom. The number of rotatable bonds is 0. The van der Waals surface area contributed by atoms with Gasteiger partial charge in [-0.25, -0.2) is 0 Å². The van der Waals surface area contributed by atoms with Gasteiger partial charge >= 0.3 is 0 Å². The Morgan fingerprint density at radius 3 is 2.88 bits per heavy atom. The Kier molecular flexibility index (Phi) is 2.26. The summed E-state index contributed by atoms with van der Waals surface area (Å²) in [5.74, 6) is 0. The van der Waals surface area contributed by atoms with Crippen LogP contribution in [0.5, 0.6) is 0 Å². The number of pyridine rings is 1. The summed E-state index contributed by atoms with van der Waals surface area (Å²) >= 11 is 0. The Morgan fingerprint density at radius 2 is 2.12 bits per heavy atom. The Bertz CT molecular complexity index is 408. The molecule has 0 saturated carbocycles. The minimum atomic E-state index is 0.192. The van der Waals surface area contributed by atoms with E-state index in [0.29, 0.717) is 0 Å². The SMILES string of the molecule is Cc1ccc2c(n1)CC1(CCNCC1)[C@@H]2N. The van der Waals surface area contributed by atoms with E-state index in [1.165, 1.54) is 24.1 Å². The predicted molar refractivity (Wildman–Crippen MR) is 64.1 cm³/mol. The predicted octanol–water partition coefficient (Wildman–Crippen LogP) is 1.32. The Labute approximate surface area is 96.4 Å². The third-order valence-electron chi connectivity index (χ3n) is 4.26. The van der Waals surface area contributed by atoms with Crippen LogP contribution >= 0.6 is 0 Å². The lowest BCUT2D eigenvalue weighted by molar-refractivity contribution is 0.173. The molecule has 0 bridgehead atoms. The second kappa shape index (κ2) is 3.54. The van der Waals surface area contributed by atoms with E-state index in [4.69, 9.17) is 5.73 Å². The summed E-state index contributed by atoms with van der Waals surface area (Å²) in [6.07, 6.45) is 3.44. The molecule has 3 nitrogen and oxygen atoms in total. The first-order valence-corrected chi connectivity index (χ1v) is 6.14. The summed E-state index contributed by atoms with van der Waals surface area (Å²) < 4.78 is 0. The van der Waals surface area contributed by atoms with Crippen LogP contribution in [0.15, 0.2) is 12.1 Å². The summed E-state index contributed by atoms with van der Waals surface area (Å²) in [5, 5.41) is 3.42. The number of fused-ring (bicyclic) bond motifs is 1. The van der Waals surface area contributed by atoms with E-state index >= 15 is 0 Å². The highest BCUT2D eigenvalue weighted by molar-refractivity contribution is 5.34. The molecule has 1 aromatic heterocycles. The fraction of sp³-hybridized carbons (Fsp3) is 0.615. The van der Waals surface area contributed by atoms with Gasteiger partial charge in [0, 0.05) is 17.4 Å². The van der Waals surface area contributed by atoms with Gasteiger partial charge in [0.1, 0.15) is 0 Å². The van der Waals surface area contributed by atoms with E-state index in [0.717, 1.165) is 25.2 Å². The van der Waals surface area contributed by atoms with Crippen molar-refractivity contribution in [3.63, 3.8) is 0 Å². The van der Waals surface area contributed by atoms with E-state index in [9.17, 15) is 0 Å². The summed E-state index contributed by atoms with van der Waals surface area (Å²) in [4.78, 5) is 4.65. The third kappa shape index (κ3) is 1.39. The van der Waals surface area contributed by atoms with Gasteiger partial charge in [0.25, 0.3) is 0 Å². The molecular formula is C13H19N3. The van der Waals surface area contributed by atoms with Crippen molar-refractivity contribution in [2.24, 2.45) is 11.1 Å². The van der Waals surface area contributed by atoms with Crippen molar-refractivity contribution in [1.82, 2.24) is 10.3 Å². The molecule has 1 saturated heterocycles. The molecule has 0 amide bonds. The molecule has 86 valence electrons. The number of piperidine rings is 1. The van der Waals surface area contributed by atoms with Gasteiger partial charge in [0.2, 0.25) is 0 Å². The highest BCUT2D eigenvalue weighted by Gasteiger charge is 2.45. The minimum absolute atomic E-state index is 0.192. The van der Waals surface area contributed by atoms with Crippen molar-refractivity contribution in [2.45, 2.75) is 32.2 Å². The molecule has 1 spiro atoms. The molecule has 0 unspecified atom stereocenters. The minimum Gasteiger partial charge on any atom is -0.323 e. The van der Waals surface area contributed by atoms with Crippen molar-refractivity contribution < 1.29 is 0 Å². The van der Waals surface area contributed by atoms with E-state index in [2.05, 4.69) is 29.4 Å². The van der Waals surface area contributed by atoms with Crippen LogP contribution in [0.3, 0.4) is 0 Å². The topological polar surface area (TPSA) is 50.9 Å². The Hall–Kier alpha value is -0.930. The lowest BCUT2D eigenvalue weighted by Gasteiger charge is -2.37. The normalized spacial score (nSPS) is 27.0. The number of hydrogen-bond donors (Lipinski definition) is 2. The van der Waals surface area contributed by atoms with E-state index in [1.54, 1.807) is 0 Å². The molecule has 1 aliphatic heterocycles. The molecule has 3 N–H and O–H groups in total. The van der Waals surface area contributed by atoms with Gasteiger partial charge in [-0.3, -0.25) is 4.98 Å². The van der Waals surface area contributed by atoms with E-state index in [1.807, 2.05) is 0 Å². The zero-order valence-corrected chi connectivity index (χ0v) is 9.79. The molecule has 1 fully saturated rings. The second-order valence-electron chi connectivity index (χ2n) is 5.26. The van der Waals surface area contributed by atoms with E-state index in [-0.39, 0.29) is 11.5 Å². The lowest BCUT2D eigenvalue weighted by atomic mass is 9.74. The molecule has 3 heteroatoms. The first kappa shape index (κ1) is 10.2. The standard InChI is InChI=1S/C13H19N3/c1-9-2-3-10-11(16-9)8-13(12(10)14)4-6-15-7-5-13/h2-3,12,15H,4-8,14H2,1H3/t12-/m1/s1. The van der Waals surface area contributed by atoms with Crippen LogP contribution in [0.4, 0.5) is 0 Å². The first-order chi connectivity index (χ1) is 7.71. The summed E-state index contributed by atoms with van der Waals surface area (Å²) in [6, 6.07) is 4.45. The van der Waals surface area contributed by atoms with Crippen LogP contribution in [-0.2, 0) is 6.42 Å². The molecule has 1 atom stereocenters. The Balaban J connectivity index is 1.98. The van der Waals surface area contributed by atoms with E-state index < -0.39 is 0 Å². The maximum absolute atomic E-state index is 6.44. The van der Waals surface area contributed by atoms with Crippen molar-refractivity contribution in [3.8, 4) is 0 Å². The number of nitrogens with one attached hydrogen (secondary N) is 1. The lowest BCUT2D eigenvalue weighted by Crippen LogP contribution is -2.42. The average Bonchev–Trinajstić information content (AvgIpc) is 2.53. The second-order valence-corrected chi connectivity index (χ2v) is 5.26. The van der Waals surface area contributed by atoms with Gasteiger partial charge in [0.05, 0.1) is 0 Å². The summed E-state index contributed by atoms with van der Waals surface area (Å²) in [6.45, 7) is 4.25. The summed E-state index contributed by atoms with van der Waals surface area (Å²) in [5.41, 5.74) is 10.4. The van der Waals surface area contributed by atoms with Crippen LogP contribution < -0.4 is 11.1 Å². The van der Waals surface area contributed by atoms with Crippen LogP contribution in [0, 0.1) is 12.3 Å². The van der Waals surface area contributed by atoms with Gasteiger partial charge in [-0.05, 0) is 56.3 Å². The smallest absolute Gasteiger partial charge is 0.0460 e. The molecule has 16 heavy (non-hydrogen) atoms. The zero-order chi connectivity index (χ0) is 11.2. The number of nitrogens with zero attached hydrogens (tertiary/aromatic N) is 1. The molecule has 2 heterocycles. The van der Waals surface area contributed by atoms with Crippen LogP contribution in [-0.4, -0.2) is 18.1 Å². The fourth-order valence-electron chi connectivity index (χ4n) is 3.23. The third-order valence-corrected chi connectivity index (χ3v) is 4.26. The summed E-state index contributed by atoms with van der Waals surface area (Å²) in [7, 11) is 0. The van der Waals surface area contributed by atoms with Crippen LogP contribution in [0.2, 0.25) is 0 Å². The molecule has 0 aromatic carbocycles. The maximum Gasteiger partial charge on any atom is 0.0460 e. The van der Waals surface area contributed by atoms with Crippen molar-refractivity contribution in [3.05, 3.63) is 29.1 Å². The van der Waals surface area contributed by atoms with Crippen molar-refractivity contribution >= 4 is 0 Å². The molecule has 1 aliphatic carbocycles. The number of aromatic nitrogens is 1. The van der Waals surface area contributed by atoms with Gasteiger partial charge < -0.3 is 11.1 Å². The molecule has 0 radical (unpaired) electrons. The molecule has 3 rings (SSSR count). The molecule has 1 aromatic rings. The highest BCUT2D eigenvalue weighted by Crippen LogP contribution is 2.48. The number of nitrogens with two attached hydrogens (primary N) is 1. The molecular weight excluding hydrogens is 198 g/mol. The van der Waals surface area contributed by atoms with Gasteiger partial charge in [-0.15, -0.1) is 0 Å². The monoisotopic (exact) mass is 217 g/mol. The fourth-order valence-corrected chi connectivity index (χ4v) is 3.23. The quantitative estimate of drug-likeness (QED) is 0.689. The van der Waals surface area contributed by atoms with Gasteiger partial charge in [0.15, 0.2) is 0 Å². The average molecular weight is 217 g/mol. The van der Waals surface area contributed by atoms with Crippen LogP contribution in [0.1, 0.15) is 35.8 Å². The highest BCUT2D eigenvalue weighted by atomic mass is 14.9. The van der Waals surface area contributed by atoms with Gasteiger partial charge in [-0.1, -0.05) is 6.07 Å².